The monoisotopic (exact) mass is 393 g/mol. The van der Waals surface area contributed by atoms with Crippen LogP contribution in [0, 0.1) is 0 Å². The maximum atomic E-state index is 13.0. The zero-order chi connectivity index (χ0) is 19.3. The predicted molar refractivity (Wildman–Crippen MR) is 111 cm³/mol. The second-order valence-electron chi connectivity index (χ2n) is 7.83. The molecule has 2 aliphatic rings. The van der Waals surface area contributed by atoms with Crippen LogP contribution in [-0.4, -0.2) is 27.4 Å². The Morgan fingerprint density at radius 1 is 1.25 bits per heavy atom. The molecule has 0 saturated heterocycles. The van der Waals surface area contributed by atoms with Gasteiger partial charge in [-0.15, -0.1) is 11.3 Å². The van der Waals surface area contributed by atoms with E-state index in [0.29, 0.717) is 0 Å². The lowest BCUT2D eigenvalue weighted by Gasteiger charge is -2.33. The molecule has 144 valence electrons. The van der Waals surface area contributed by atoms with Crippen LogP contribution in [0.4, 0.5) is 0 Å². The Bertz CT molecular complexity index is 1130. The molecule has 2 heterocycles. The van der Waals surface area contributed by atoms with E-state index < -0.39 is 0 Å². The van der Waals surface area contributed by atoms with Crippen molar-refractivity contribution in [2.75, 3.05) is 7.05 Å². The average molecular weight is 394 g/mol. The molecule has 0 N–H and O–H groups in total. The van der Waals surface area contributed by atoms with Crippen molar-refractivity contribution < 1.29 is 4.79 Å². The molecule has 0 spiro atoms. The van der Waals surface area contributed by atoms with Crippen molar-refractivity contribution in [3.63, 3.8) is 0 Å². The lowest BCUT2D eigenvalue weighted by molar-refractivity contribution is -0.133. The zero-order valence-corrected chi connectivity index (χ0v) is 16.8. The molecule has 6 heteroatoms. The zero-order valence-electron chi connectivity index (χ0n) is 16.0. The van der Waals surface area contributed by atoms with Gasteiger partial charge in [0.25, 0.3) is 5.56 Å². The number of aryl methyl sites for hydroxylation is 3. The van der Waals surface area contributed by atoms with Gasteiger partial charge in [0.2, 0.25) is 5.91 Å². The van der Waals surface area contributed by atoms with Crippen LogP contribution in [0.15, 0.2) is 35.4 Å². The highest BCUT2D eigenvalue weighted by molar-refractivity contribution is 7.18. The van der Waals surface area contributed by atoms with Gasteiger partial charge in [-0.05, 0) is 55.2 Å². The lowest BCUT2D eigenvalue weighted by atomic mass is 9.87. The molecule has 5 nitrogen and oxygen atoms in total. The second-order valence-corrected chi connectivity index (χ2v) is 8.91. The van der Waals surface area contributed by atoms with Gasteiger partial charge in [-0.3, -0.25) is 14.2 Å². The molecule has 0 radical (unpaired) electrons. The highest BCUT2D eigenvalue weighted by Gasteiger charge is 2.27. The summed E-state index contributed by atoms with van der Waals surface area (Å²) in [4.78, 5) is 34.5. The van der Waals surface area contributed by atoms with E-state index in [4.69, 9.17) is 0 Å². The minimum Gasteiger partial charge on any atom is -0.337 e. The van der Waals surface area contributed by atoms with Crippen molar-refractivity contribution in [3.05, 3.63) is 62.5 Å². The molecular weight excluding hydrogens is 370 g/mol. The molecule has 5 rings (SSSR count). The van der Waals surface area contributed by atoms with Gasteiger partial charge in [0.15, 0.2) is 0 Å². The molecule has 1 aromatic carbocycles. The van der Waals surface area contributed by atoms with Crippen LogP contribution in [0.5, 0.6) is 0 Å². The van der Waals surface area contributed by atoms with E-state index in [1.807, 2.05) is 18.0 Å². The fraction of sp³-hybridized carbons (Fsp3) is 0.409. The molecule has 28 heavy (non-hydrogen) atoms. The Labute approximate surface area is 167 Å². The summed E-state index contributed by atoms with van der Waals surface area (Å²) in [5.41, 5.74) is 3.65. The van der Waals surface area contributed by atoms with Crippen molar-refractivity contribution in [1.29, 1.82) is 0 Å². The first-order valence-corrected chi connectivity index (χ1v) is 10.8. The fourth-order valence-corrected chi connectivity index (χ4v) is 5.91. The summed E-state index contributed by atoms with van der Waals surface area (Å²) in [6.07, 6.45) is 7.74. The van der Waals surface area contributed by atoms with Crippen molar-refractivity contribution >= 4 is 27.5 Å². The summed E-state index contributed by atoms with van der Waals surface area (Å²) in [6, 6.07) is 8.45. The Hall–Kier alpha value is -2.47. The summed E-state index contributed by atoms with van der Waals surface area (Å²) < 4.78 is 1.49. The minimum absolute atomic E-state index is 0.0432. The third-order valence-corrected chi connectivity index (χ3v) is 7.40. The number of nitrogens with zero attached hydrogens (tertiary/aromatic N) is 3. The number of hydrogen-bond acceptors (Lipinski definition) is 4. The number of fused-ring (bicyclic) bond motifs is 4. The number of benzene rings is 1. The van der Waals surface area contributed by atoms with Crippen molar-refractivity contribution in [3.8, 4) is 0 Å². The molecule has 0 unspecified atom stereocenters. The maximum Gasteiger partial charge on any atom is 0.262 e. The number of carbonyl (C=O) groups excluding carboxylic acids is 1. The van der Waals surface area contributed by atoms with Crippen LogP contribution in [0.3, 0.4) is 0 Å². The Morgan fingerprint density at radius 2 is 2.11 bits per heavy atom. The van der Waals surface area contributed by atoms with Crippen LogP contribution in [0.25, 0.3) is 10.2 Å². The van der Waals surface area contributed by atoms with E-state index >= 15 is 0 Å². The minimum atomic E-state index is -0.0739. The Kier molecular flexibility index (Phi) is 4.31. The Balaban J connectivity index is 1.43. The van der Waals surface area contributed by atoms with Crippen molar-refractivity contribution in [1.82, 2.24) is 14.5 Å². The summed E-state index contributed by atoms with van der Waals surface area (Å²) in [5.74, 6) is -0.0446. The van der Waals surface area contributed by atoms with Gasteiger partial charge in [0, 0.05) is 11.9 Å². The number of aromatic nitrogens is 2. The number of carbonyl (C=O) groups is 1. The Morgan fingerprint density at radius 3 is 3.00 bits per heavy atom. The van der Waals surface area contributed by atoms with Gasteiger partial charge in [0.05, 0.1) is 17.8 Å². The molecule has 1 amide bonds. The SMILES string of the molecule is CN(C(=O)Cn1cnc2sc3c(c2c1=O)CCC3)[C@H]1CCCc2ccccc21. The number of likely N-dealkylation sites (N-methyl/N-ethyl adjacent to an activating group) is 1. The molecule has 0 saturated carbocycles. The van der Waals surface area contributed by atoms with E-state index in [-0.39, 0.29) is 24.1 Å². The normalized spacial score (nSPS) is 18.1. The van der Waals surface area contributed by atoms with Gasteiger partial charge in [-0.1, -0.05) is 24.3 Å². The molecule has 3 aromatic rings. The van der Waals surface area contributed by atoms with Crippen molar-refractivity contribution in [2.45, 2.75) is 51.1 Å². The van der Waals surface area contributed by atoms with E-state index in [1.54, 1.807) is 11.3 Å². The molecule has 0 aliphatic heterocycles. The van der Waals surface area contributed by atoms with Crippen LogP contribution < -0.4 is 5.56 Å². The first kappa shape index (κ1) is 17.6. The van der Waals surface area contributed by atoms with E-state index in [1.165, 1.54) is 26.9 Å². The third kappa shape index (κ3) is 2.78. The summed E-state index contributed by atoms with van der Waals surface area (Å²) >= 11 is 1.63. The number of hydrogen-bond donors (Lipinski definition) is 0. The van der Waals surface area contributed by atoms with Crippen LogP contribution in [-0.2, 0) is 30.6 Å². The van der Waals surface area contributed by atoms with Crippen LogP contribution in [0.1, 0.15) is 46.9 Å². The van der Waals surface area contributed by atoms with Gasteiger partial charge < -0.3 is 4.90 Å². The van der Waals surface area contributed by atoms with Crippen LogP contribution >= 0.6 is 11.3 Å². The van der Waals surface area contributed by atoms with E-state index in [2.05, 4.69) is 23.2 Å². The lowest BCUT2D eigenvalue weighted by Crippen LogP contribution is -2.37. The van der Waals surface area contributed by atoms with Crippen LogP contribution in [0.2, 0.25) is 0 Å². The summed E-state index contributed by atoms with van der Waals surface area (Å²) in [7, 11) is 1.86. The fourth-order valence-electron chi connectivity index (χ4n) is 4.69. The topological polar surface area (TPSA) is 55.2 Å². The standard InChI is InChI=1S/C22H23N3O2S/c1-24(17-10-4-7-14-6-2-3-8-15(14)17)19(26)12-25-13-23-21-20(22(25)27)16-9-5-11-18(16)28-21/h2-3,6,8,13,17H,4-5,7,9-12H2,1H3/t17-/m0/s1. The summed E-state index contributed by atoms with van der Waals surface area (Å²) in [5, 5.41) is 0.735. The van der Waals surface area contributed by atoms with Gasteiger partial charge in [-0.2, -0.15) is 0 Å². The number of amides is 1. The maximum absolute atomic E-state index is 13.0. The quantitative estimate of drug-likeness (QED) is 0.685. The second kappa shape index (κ2) is 6.85. The van der Waals surface area contributed by atoms with Crippen molar-refractivity contribution in [2.24, 2.45) is 0 Å². The highest BCUT2D eigenvalue weighted by Crippen LogP contribution is 2.35. The number of rotatable bonds is 3. The third-order valence-electron chi connectivity index (χ3n) is 6.20. The smallest absolute Gasteiger partial charge is 0.262 e. The van der Waals surface area contributed by atoms with Gasteiger partial charge in [-0.25, -0.2) is 4.98 Å². The molecular formula is C22H23N3O2S. The largest absolute Gasteiger partial charge is 0.337 e. The first-order chi connectivity index (χ1) is 13.6. The van der Waals surface area contributed by atoms with Gasteiger partial charge >= 0.3 is 0 Å². The molecule has 2 aliphatic carbocycles. The summed E-state index contributed by atoms with van der Waals surface area (Å²) in [6.45, 7) is 0.0432. The van der Waals surface area contributed by atoms with Gasteiger partial charge in [0.1, 0.15) is 11.4 Å². The molecule has 0 fully saturated rings. The number of thiophene rings is 1. The first-order valence-electron chi connectivity index (χ1n) is 9.96. The highest BCUT2D eigenvalue weighted by atomic mass is 32.1. The predicted octanol–water partition coefficient (Wildman–Crippen LogP) is 3.48. The average Bonchev–Trinajstić information content (AvgIpc) is 3.30. The molecule has 0 bridgehead atoms. The molecule has 1 atom stereocenters. The van der Waals surface area contributed by atoms with E-state index in [9.17, 15) is 9.59 Å². The molecule has 2 aromatic heterocycles. The van der Waals surface area contributed by atoms with E-state index in [0.717, 1.165) is 54.3 Å².